The summed E-state index contributed by atoms with van der Waals surface area (Å²) in [5, 5.41) is 3.09. The van der Waals surface area contributed by atoms with Crippen LogP contribution in [0.1, 0.15) is 36.1 Å². The fourth-order valence-corrected chi connectivity index (χ4v) is 2.80. The molecule has 1 aliphatic heterocycles. The van der Waals surface area contributed by atoms with Gasteiger partial charge in [0.15, 0.2) is 0 Å². The van der Waals surface area contributed by atoms with Gasteiger partial charge in [-0.05, 0) is 49.9 Å². The molecular weight excluding hydrogens is 307 g/mol. The van der Waals surface area contributed by atoms with E-state index < -0.39 is 0 Å². The van der Waals surface area contributed by atoms with E-state index >= 15 is 0 Å². The molecule has 0 spiro atoms. The summed E-state index contributed by atoms with van der Waals surface area (Å²) in [5.74, 6) is 1.36. The number of aromatic nitrogens is 2. The molecule has 0 saturated carbocycles. The lowest BCUT2D eigenvalue weighted by atomic mass is 9.99. The first-order valence-electron chi connectivity index (χ1n) is 8.19. The molecule has 1 aromatic heterocycles. The Morgan fingerprint density at radius 1 is 1.21 bits per heavy atom. The Balaban J connectivity index is 1.78. The van der Waals surface area contributed by atoms with Crippen molar-refractivity contribution in [2.24, 2.45) is 5.92 Å². The zero-order valence-electron chi connectivity index (χ0n) is 13.9. The number of rotatable bonds is 3. The number of piperidine rings is 1. The van der Waals surface area contributed by atoms with Crippen LogP contribution in [0.3, 0.4) is 0 Å². The van der Waals surface area contributed by atoms with Crippen molar-refractivity contribution in [2.75, 3.05) is 18.4 Å². The van der Waals surface area contributed by atoms with Gasteiger partial charge in [0.1, 0.15) is 23.2 Å². The van der Waals surface area contributed by atoms with Crippen molar-refractivity contribution in [3.05, 3.63) is 47.7 Å². The van der Waals surface area contributed by atoms with E-state index in [1.165, 1.54) is 12.1 Å². The molecule has 1 aliphatic rings. The molecule has 0 bridgehead atoms. The Bertz CT molecular complexity index is 724. The zero-order valence-corrected chi connectivity index (χ0v) is 13.9. The van der Waals surface area contributed by atoms with Crippen LogP contribution in [0.5, 0.6) is 0 Å². The summed E-state index contributed by atoms with van der Waals surface area (Å²) < 4.78 is 13.0. The van der Waals surface area contributed by atoms with Crippen LogP contribution in [-0.2, 0) is 0 Å². The quantitative estimate of drug-likeness (QED) is 0.936. The minimum atomic E-state index is -0.297. The van der Waals surface area contributed by atoms with Gasteiger partial charge in [0.25, 0.3) is 5.91 Å². The molecule has 0 aliphatic carbocycles. The molecule has 2 heterocycles. The lowest BCUT2D eigenvalue weighted by Gasteiger charge is -2.30. The normalized spacial score (nSPS) is 15.4. The third kappa shape index (κ3) is 3.88. The topological polar surface area (TPSA) is 58.1 Å². The van der Waals surface area contributed by atoms with Gasteiger partial charge >= 0.3 is 0 Å². The summed E-state index contributed by atoms with van der Waals surface area (Å²) in [6, 6.07) is 7.64. The Morgan fingerprint density at radius 2 is 1.88 bits per heavy atom. The van der Waals surface area contributed by atoms with Gasteiger partial charge in [-0.25, -0.2) is 14.4 Å². The van der Waals surface area contributed by atoms with E-state index in [1.807, 2.05) is 4.90 Å². The highest BCUT2D eigenvalue weighted by atomic mass is 19.1. The zero-order chi connectivity index (χ0) is 17.1. The van der Waals surface area contributed by atoms with Gasteiger partial charge in [-0.2, -0.15) is 0 Å². The maximum absolute atomic E-state index is 13.0. The predicted octanol–water partition coefficient (Wildman–Crippen LogP) is 3.54. The van der Waals surface area contributed by atoms with Gasteiger partial charge in [-0.3, -0.25) is 4.79 Å². The van der Waals surface area contributed by atoms with E-state index in [0.717, 1.165) is 25.9 Å². The summed E-state index contributed by atoms with van der Waals surface area (Å²) in [6.07, 6.45) is 2.05. The number of hydrogen-bond acceptors (Lipinski definition) is 4. The molecule has 0 atom stereocenters. The fraction of sp³-hybridized carbons (Fsp3) is 0.389. The standard InChI is InChI=1S/C18H21FN4O/c1-12-7-9-23(10-8-12)18(24)16-11-17(21-13(2)20-16)22-15-5-3-14(19)4-6-15/h3-6,11-12H,7-10H2,1-2H3,(H,20,21,22). The highest BCUT2D eigenvalue weighted by Gasteiger charge is 2.23. The van der Waals surface area contributed by atoms with E-state index in [0.29, 0.717) is 28.9 Å². The second kappa shape index (κ2) is 6.95. The summed E-state index contributed by atoms with van der Waals surface area (Å²) in [5.41, 5.74) is 1.10. The molecule has 126 valence electrons. The Kier molecular flexibility index (Phi) is 4.74. The van der Waals surface area contributed by atoms with Crippen LogP contribution in [0.4, 0.5) is 15.9 Å². The molecule has 1 N–H and O–H groups in total. The molecule has 1 fully saturated rings. The number of aryl methyl sites for hydroxylation is 1. The summed E-state index contributed by atoms with van der Waals surface area (Å²) in [4.78, 5) is 23.1. The van der Waals surface area contributed by atoms with Crippen LogP contribution in [-0.4, -0.2) is 33.9 Å². The van der Waals surface area contributed by atoms with Crippen LogP contribution in [0.2, 0.25) is 0 Å². The van der Waals surface area contributed by atoms with Crippen molar-refractivity contribution in [1.82, 2.24) is 14.9 Å². The van der Waals surface area contributed by atoms with E-state index in [-0.39, 0.29) is 11.7 Å². The number of nitrogens with one attached hydrogen (secondary N) is 1. The smallest absolute Gasteiger partial charge is 0.272 e. The second-order valence-corrected chi connectivity index (χ2v) is 6.29. The average molecular weight is 328 g/mol. The molecule has 2 aromatic rings. The number of carbonyl (C=O) groups excluding carboxylic acids is 1. The third-order valence-corrected chi connectivity index (χ3v) is 4.24. The molecule has 5 nitrogen and oxygen atoms in total. The number of nitrogens with zero attached hydrogens (tertiary/aromatic N) is 3. The van der Waals surface area contributed by atoms with Crippen LogP contribution in [0, 0.1) is 18.7 Å². The van der Waals surface area contributed by atoms with Crippen molar-refractivity contribution < 1.29 is 9.18 Å². The minimum absolute atomic E-state index is 0.0606. The van der Waals surface area contributed by atoms with E-state index in [2.05, 4.69) is 22.2 Å². The van der Waals surface area contributed by atoms with Crippen molar-refractivity contribution >= 4 is 17.4 Å². The Hall–Kier alpha value is -2.50. The van der Waals surface area contributed by atoms with Crippen molar-refractivity contribution in [1.29, 1.82) is 0 Å². The van der Waals surface area contributed by atoms with Gasteiger partial charge < -0.3 is 10.2 Å². The first-order chi connectivity index (χ1) is 11.5. The monoisotopic (exact) mass is 328 g/mol. The fourth-order valence-electron chi connectivity index (χ4n) is 2.80. The van der Waals surface area contributed by atoms with Gasteiger partial charge in [0.05, 0.1) is 0 Å². The molecule has 6 heteroatoms. The van der Waals surface area contributed by atoms with Crippen molar-refractivity contribution in [2.45, 2.75) is 26.7 Å². The second-order valence-electron chi connectivity index (χ2n) is 6.29. The number of carbonyl (C=O) groups is 1. The lowest BCUT2D eigenvalue weighted by molar-refractivity contribution is 0.0691. The predicted molar refractivity (Wildman–Crippen MR) is 90.8 cm³/mol. The first kappa shape index (κ1) is 16.4. The molecule has 3 rings (SSSR count). The summed E-state index contributed by atoms with van der Waals surface area (Å²) in [7, 11) is 0. The van der Waals surface area contributed by atoms with Gasteiger partial charge in [-0.1, -0.05) is 6.92 Å². The SMILES string of the molecule is Cc1nc(Nc2ccc(F)cc2)cc(C(=O)N2CCC(C)CC2)n1. The highest BCUT2D eigenvalue weighted by Crippen LogP contribution is 2.20. The molecule has 24 heavy (non-hydrogen) atoms. The molecule has 1 saturated heterocycles. The minimum Gasteiger partial charge on any atom is -0.340 e. The van der Waals surface area contributed by atoms with Crippen molar-refractivity contribution in [3.8, 4) is 0 Å². The highest BCUT2D eigenvalue weighted by molar-refractivity contribution is 5.93. The average Bonchev–Trinajstić information content (AvgIpc) is 2.56. The summed E-state index contributed by atoms with van der Waals surface area (Å²) in [6.45, 7) is 5.50. The maximum Gasteiger partial charge on any atom is 0.272 e. The van der Waals surface area contributed by atoms with Crippen LogP contribution < -0.4 is 5.32 Å². The van der Waals surface area contributed by atoms with Gasteiger partial charge in [0.2, 0.25) is 0 Å². The Labute approximate surface area is 140 Å². The van der Waals surface area contributed by atoms with Gasteiger partial charge in [-0.15, -0.1) is 0 Å². The van der Waals surface area contributed by atoms with Crippen molar-refractivity contribution in [3.63, 3.8) is 0 Å². The number of benzene rings is 1. The Morgan fingerprint density at radius 3 is 2.54 bits per heavy atom. The molecular formula is C18H21FN4O. The number of likely N-dealkylation sites (tertiary alicyclic amines) is 1. The van der Waals surface area contributed by atoms with Crippen LogP contribution >= 0.6 is 0 Å². The van der Waals surface area contributed by atoms with E-state index in [9.17, 15) is 9.18 Å². The van der Waals surface area contributed by atoms with Gasteiger partial charge in [0, 0.05) is 24.8 Å². The largest absolute Gasteiger partial charge is 0.340 e. The number of hydrogen-bond donors (Lipinski definition) is 1. The van der Waals surface area contributed by atoms with E-state index in [4.69, 9.17) is 0 Å². The first-order valence-corrected chi connectivity index (χ1v) is 8.19. The molecule has 0 unspecified atom stereocenters. The van der Waals surface area contributed by atoms with Crippen LogP contribution in [0.15, 0.2) is 30.3 Å². The lowest BCUT2D eigenvalue weighted by Crippen LogP contribution is -2.38. The number of amides is 1. The molecule has 0 radical (unpaired) electrons. The van der Waals surface area contributed by atoms with Crippen LogP contribution in [0.25, 0.3) is 0 Å². The van der Waals surface area contributed by atoms with E-state index in [1.54, 1.807) is 25.1 Å². The molecule has 1 aromatic carbocycles. The molecule has 1 amide bonds. The summed E-state index contributed by atoms with van der Waals surface area (Å²) >= 11 is 0. The maximum atomic E-state index is 13.0. The number of halogens is 1. The third-order valence-electron chi connectivity index (χ3n) is 4.24. The number of anilines is 2.